The van der Waals surface area contributed by atoms with E-state index in [1.165, 1.54) is 12.8 Å². The highest BCUT2D eigenvalue weighted by atomic mass is 16.5. The molecule has 4 nitrogen and oxygen atoms in total. The number of amides is 1. The lowest BCUT2D eigenvalue weighted by molar-refractivity contribution is -0.127. The number of benzene rings is 1. The third-order valence-electron chi connectivity index (χ3n) is 3.92. The van der Waals surface area contributed by atoms with E-state index in [0.29, 0.717) is 6.61 Å². The van der Waals surface area contributed by atoms with Crippen molar-refractivity contribution in [2.45, 2.75) is 57.3 Å². The van der Waals surface area contributed by atoms with E-state index in [1.807, 2.05) is 30.3 Å². The van der Waals surface area contributed by atoms with Crippen LogP contribution in [-0.4, -0.2) is 29.8 Å². The quantitative estimate of drug-likeness (QED) is 0.876. The zero-order chi connectivity index (χ0) is 14.9. The molecular weight excluding hydrogens is 266 g/mol. The number of aliphatic hydroxyl groups is 1. The molecule has 1 saturated carbocycles. The van der Waals surface area contributed by atoms with Crippen LogP contribution in [0.15, 0.2) is 30.3 Å². The van der Waals surface area contributed by atoms with Crippen molar-refractivity contribution < 1.29 is 14.6 Å². The molecule has 0 spiro atoms. The van der Waals surface area contributed by atoms with Gasteiger partial charge in [-0.25, -0.2) is 0 Å². The van der Waals surface area contributed by atoms with Gasteiger partial charge in [0.1, 0.15) is 6.61 Å². The molecule has 1 amide bonds. The maximum Gasteiger partial charge on any atom is 0.246 e. The van der Waals surface area contributed by atoms with Crippen LogP contribution < -0.4 is 5.32 Å². The van der Waals surface area contributed by atoms with Gasteiger partial charge >= 0.3 is 0 Å². The summed E-state index contributed by atoms with van der Waals surface area (Å²) in [7, 11) is 0. The molecule has 0 bridgehead atoms. The Labute approximate surface area is 126 Å². The fourth-order valence-electron chi connectivity index (χ4n) is 2.72. The maximum atomic E-state index is 11.9. The van der Waals surface area contributed by atoms with Crippen LogP contribution in [-0.2, 0) is 16.1 Å². The van der Waals surface area contributed by atoms with E-state index in [0.717, 1.165) is 31.2 Å². The Morgan fingerprint density at radius 2 is 1.86 bits per heavy atom. The highest BCUT2D eigenvalue weighted by Gasteiger charge is 2.22. The lowest BCUT2D eigenvalue weighted by Crippen LogP contribution is -2.45. The summed E-state index contributed by atoms with van der Waals surface area (Å²) >= 11 is 0. The normalized spacial score (nSPS) is 23.1. The topological polar surface area (TPSA) is 58.6 Å². The summed E-state index contributed by atoms with van der Waals surface area (Å²) in [5.74, 6) is -0.143. The van der Waals surface area contributed by atoms with Gasteiger partial charge in [-0.3, -0.25) is 4.79 Å². The smallest absolute Gasteiger partial charge is 0.246 e. The van der Waals surface area contributed by atoms with Gasteiger partial charge in [-0.15, -0.1) is 0 Å². The van der Waals surface area contributed by atoms with Crippen molar-refractivity contribution in [1.82, 2.24) is 5.32 Å². The minimum Gasteiger partial charge on any atom is -0.391 e. The van der Waals surface area contributed by atoms with Crippen molar-refractivity contribution in [2.75, 3.05) is 6.61 Å². The van der Waals surface area contributed by atoms with E-state index in [4.69, 9.17) is 4.74 Å². The third kappa shape index (κ3) is 5.86. The second-order valence-electron chi connectivity index (χ2n) is 5.71. The van der Waals surface area contributed by atoms with Gasteiger partial charge in [0.2, 0.25) is 5.91 Å². The summed E-state index contributed by atoms with van der Waals surface area (Å²) in [6.45, 7) is 0.472. The standard InChI is InChI=1S/C17H25NO3/c19-16-11-7-2-1-6-10-15(16)18-17(20)13-21-12-14-8-4-3-5-9-14/h3-5,8-9,15-16,19H,1-2,6-7,10-13H2,(H,18,20)/t15-,16-/m0/s1. The number of carbonyl (C=O) groups excluding carboxylic acids is 1. The largest absolute Gasteiger partial charge is 0.391 e. The van der Waals surface area contributed by atoms with Gasteiger partial charge in [0, 0.05) is 0 Å². The first-order chi connectivity index (χ1) is 10.3. The predicted octanol–water partition coefficient (Wildman–Crippen LogP) is 2.40. The molecule has 1 aliphatic carbocycles. The van der Waals surface area contributed by atoms with E-state index in [-0.39, 0.29) is 18.6 Å². The Morgan fingerprint density at radius 3 is 2.62 bits per heavy atom. The zero-order valence-corrected chi connectivity index (χ0v) is 12.5. The Bertz CT molecular complexity index is 421. The summed E-state index contributed by atoms with van der Waals surface area (Å²) < 4.78 is 5.42. The Kier molecular flexibility index (Phi) is 6.70. The Morgan fingerprint density at radius 1 is 1.14 bits per heavy atom. The molecule has 1 aromatic carbocycles. The molecule has 21 heavy (non-hydrogen) atoms. The van der Waals surface area contributed by atoms with Crippen LogP contribution in [0.3, 0.4) is 0 Å². The molecule has 1 aliphatic rings. The van der Waals surface area contributed by atoms with Gasteiger partial charge in [-0.1, -0.05) is 56.0 Å². The van der Waals surface area contributed by atoms with E-state index in [1.54, 1.807) is 0 Å². The molecule has 4 heteroatoms. The maximum absolute atomic E-state index is 11.9. The first-order valence-corrected chi connectivity index (χ1v) is 7.85. The fraction of sp³-hybridized carbons (Fsp3) is 0.588. The summed E-state index contributed by atoms with van der Waals surface area (Å²) in [6, 6.07) is 9.66. The third-order valence-corrected chi connectivity index (χ3v) is 3.92. The molecule has 0 aromatic heterocycles. The Balaban J connectivity index is 1.70. The van der Waals surface area contributed by atoms with Crippen LogP contribution in [0.25, 0.3) is 0 Å². The van der Waals surface area contributed by atoms with Crippen LogP contribution in [0.4, 0.5) is 0 Å². The molecule has 2 rings (SSSR count). The molecule has 0 aliphatic heterocycles. The number of carbonyl (C=O) groups is 1. The minimum atomic E-state index is -0.427. The molecular formula is C17H25NO3. The van der Waals surface area contributed by atoms with E-state index in [9.17, 15) is 9.90 Å². The SMILES string of the molecule is O=C(COCc1ccccc1)N[C@H]1CCCCCC[C@@H]1O. The van der Waals surface area contributed by atoms with E-state index < -0.39 is 6.10 Å². The number of hydrogen-bond acceptors (Lipinski definition) is 3. The summed E-state index contributed by atoms with van der Waals surface area (Å²) in [5, 5.41) is 13.0. The number of nitrogens with one attached hydrogen (secondary N) is 1. The van der Waals surface area contributed by atoms with Crippen molar-refractivity contribution in [2.24, 2.45) is 0 Å². The van der Waals surface area contributed by atoms with Crippen LogP contribution in [0.5, 0.6) is 0 Å². The Hall–Kier alpha value is -1.39. The van der Waals surface area contributed by atoms with E-state index in [2.05, 4.69) is 5.32 Å². The minimum absolute atomic E-state index is 0.0398. The van der Waals surface area contributed by atoms with Gasteiger partial charge in [0.15, 0.2) is 0 Å². The highest BCUT2D eigenvalue weighted by molar-refractivity contribution is 5.77. The summed E-state index contributed by atoms with van der Waals surface area (Å²) in [6.07, 6.45) is 5.66. The molecule has 1 aromatic rings. The molecule has 0 unspecified atom stereocenters. The van der Waals surface area contributed by atoms with Crippen LogP contribution >= 0.6 is 0 Å². The number of ether oxygens (including phenoxy) is 1. The number of rotatable bonds is 5. The van der Waals surface area contributed by atoms with Crippen molar-refractivity contribution in [3.05, 3.63) is 35.9 Å². The fourth-order valence-corrected chi connectivity index (χ4v) is 2.72. The molecule has 2 N–H and O–H groups in total. The average molecular weight is 291 g/mol. The van der Waals surface area contributed by atoms with Crippen molar-refractivity contribution in [3.8, 4) is 0 Å². The zero-order valence-electron chi connectivity index (χ0n) is 12.5. The van der Waals surface area contributed by atoms with Crippen LogP contribution in [0.1, 0.15) is 44.1 Å². The van der Waals surface area contributed by atoms with Gasteiger partial charge in [0.05, 0.1) is 18.8 Å². The van der Waals surface area contributed by atoms with Crippen molar-refractivity contribution in [3.63, 3.8) is 0 Å². The molecule has 2 atom stereocenters. The molecule has 116 valence electrons. The van der Waals surface area contributed by atoms with Gasteiger partial charge in [0.25, 0.3) is 0 Å². The van der Waals surface area contributed by atoms with E-state index >= 15 is 0 Å². The number of hydrogen-bond donors (Lipinski definition) is 2. The summed E-state index contributed by atoms with van der Waals surface area (Å²) in [4.78, 5) is 11.9. The monoisotopic (exact) mass is 291 g/mol. The molecule has 1 fully saturated rings. The first kappa shape index (κ1) is 16.0. The second-order valence-corrected chi connectivity index (χ2v) is 5.71. The van der Waals surface area contributed by atoms with Crippen LogP contribution in [0.2, 0.25) is 0 Å². The van der Waals surface area contributed by atoms with Crippen molar-refractivity contribution >= 4 is 5.91 Å². The summed E-state index contributed by atoms with van der Waals surface area (Å²) in [5.41, 5.74) is 1.05. The lowest BCUT2D eigenvalue weighted by Gasteiger charge is -2.26. The number of aliphatic hydroxyl groups excluding tert-OH is 1. The first-order valence-electron chi connectivity index (χ1n) is 7.85. The predicted molar refractivity (Wildman–Crippen MR) is 81.7 cm³/mol. The second kappa shape index (κ2) is 8.80. The lowest BCUT2D eigenvalue weighted by atomic mass is 9.94. The molecule has 0 saturated heterocycles. The molecule has 0 radical (unpaired) electrons. The van der Waals surface area contributed by atoms with Gasteiger partial charge < -0.3 is 15.2 Å². The van der Waals surface area contributed by atoms with Gasteiger partial charge in [-0.05, 0) is 18.4 Å². The highest BCUT2D eigenvalue weighted by Crippen LogP contribution is 2.17. The molecule has 0 heterocycles. The van der Waals surface area contributed by atoms with Crippen LogP contribution in [0, 0.1) is 0 Å². The van der Waals surface area contributed by atoms with Crippen molar-refractivity contribution in [1.29, 1.82) is 0 Å². The van der Waals surface area contributed by atoms with Gasteiger partial charge in [-0.2, -0.15) is 0 Å². The average Bonchev–Trinajstić information content (AvgIpc) is 2.48.